The number of halogens is 2. The van der Waals surface area contributed by atoms with Crippen LogP contribution in [0.4, 0.5) is 0 Å². The Balaban J connectivity index is 2.10. The third kappa shape index (κ3) is 6.87. The molecule has 0 aliphatic rings. The number of carbonyl (C=O) groups excluding carboxylic acids is 2. The minimum atomic E-state index is -0.801. The second-order valence-corrected chi connectivity index (χ2v) is 8.51. The van der Waals surface area contributed by atoms with E-state index in [1.54, 1.807) is 30.3 Å². The number of methoxy groups -OCH3 is 1. The summed E-state index contributed by atoms with van der Waals surface area (Å²) in [6, 6.07) is 9.36. The van der Waals surface area contributed by atoms with Crippen LogP contribution in [0.5, 0.6) is 11.5 Å². The Morgan fingerprint density at radius 3 is 2.66 bits per heavy atom. The number of hydrogen-bond donors (Lipinski definition) is 2. The molecule has 2 N–H and O–H groups in total. The highest BCUT2D eigenvalue weighted by Crippen LogP contribution is 2.33. The molecule has 2 rings (SSSR count). The maximum Gasteiger partial charge on any atom is 0.262 e. The van der Waals surface area contributed by atoms with E-state index < -0.39 is 17.9 Å². The molecule has 0 radical (unpaired) electrons. The molecule has 7 nitrogen and oxygen atoms in total. The fourth-order valence-corrected chi connectivity index (χ4v) is 3.71. The molecule has 0 fully saturated rings. The number of ether oxygens (including phenoxy) is 2. The largest absolute Gasteiger partial charge is 0.493 e. The monoisotopic (exact) mass is 567 g/mol. The molecule has 9 heteroatoms. The fraction of sp³-hybridized carbons (Fsp3) is 0.261. The Bertz CT molecular complexity index is 1050. The zero-order valence-electron chi connectivity index (χ0n) is 17.8. The van der Waals surface area contributed by atoms with E-state index in [9.17, 15) is 9.59 Å². The number of amides is 2. The minimum Gasteiger partial charge on any atom is -0.493 e. The number of nitrogens with one attached hydrogen (secondary N) is 2. The molecule has 0 spiro atoms. The van der Waals surface area contributed by atoms with Crippen LogP contribution in [0.1, 0.15) is 29.8 Å². The van der Waals surface area contributed by atoms with Gasteiger partial charge in [-0.05, 0) is 58.3 Å². The van der Waals surface area contributed by atoms with Crippen molar-refractivity contribution in [2.45, 2.75) is 19.9 Å². The van der Waals surface area contributed by atoms with Crippen LogP contribution < -0.4 is 20.2 Å². The maximum absolute atomic E-state index is 12.7. The summed E-state index contributed by atoms with van der Waals surface area (Å²) in [7, 11) is 1.52. The molecule has 0 bridgehead atoms. The number of carbonyl (C=O) groups is 2. The van der Waals surface area contributed by atoms with Crippen LogP contribution in [-0.4, -0.2) is 37.8 Å². The summed E-state index contributed by atoms with van der Waals surface area (Å²) in [5, 5.41) is 7.04. The van der Waals surface area contributed by atoms with E-state index in [2.05, 4.69) is 44.4 Å². The lowest BCUT2D eigenvalue weighted by Gasteiger charge is -2.20. The van der Waals surface area contributed by atoms with Crippen LogP contribution >= 0.6 is 34.2 Å². The minimum absolute atomic E-state index is 0.117. The summed E-state index contributed by atoms with van der Waals surface area (Å²) in [5.74, 6) is 2.38. The molecule has 0 aliphatic heterocycles. The molecule has 2 aromatic carbocycles. The maximum atomic E-state index is 12.7. The average Bonchev–Trinajstić information content (AvgIpc) is 2.76. The number of terminal acetylenes is 1. The van der Waals surface area contributed by atoms with Gasteiger partial charge in [-0.1, -0.05) is 43.5 Å². The lowest BCUT2D eigenvalue weighted by atomic mass is 10.0. The van der Waals surface area contributed by atoms with E-state index in [0.717, 1.165) is 3.57 Å². The van der Waals surface area contributed by atoms with Crippen molar-refractivity contribution in [3.63, 3.8) is 0 Å². The van der Waals surface area contributed by atoms with Gasteiger partial charge in [0.05, 0.1) is 27.5 Å². The van der Waals surface area contributed by atoms with E-state index in [1.807, 2.05) is 19.9 Å². The topological polar surface area (TPSA) is 89.0 Å². The van der Waals surface area contributed by atoms with E-state index >= 15 is 0 Å². The van der Waals surface area contributed by atoms with E-state index in [4.69, 9.17) is 27.5 Å². The van der Waals surface area contributed by atoms with Gasteiger partial charge in [-0.15, -0.1) is 6.42 Å². The number of benzene rings is 2. The molecule has 0 aromatic heterocycles. The summed E-state index contributed by atoms with van der Waals surface area (Å²) in [4.78, 5) is 25.2. The quantitative estimate of drug-likeness (QED) is 0.208. The smallest absolute Gasteiger partial charge is 0.262 e. The van der Waals surface area contributed by atoms with Crippen LogP contribution in [-0.2, 0) is 4.79 Å². The van der Waals surface area contributed by atoms with Gasteiger partial charge in [-0.2, -0.15) is 5.10 Å². The van der Waals surface area contributed by atoms with Crippen molar-refractivity contribution in [1.82, 2.24) is 10.7 Å². The summed E-state index contributed by atoms with van der Waals surface area (Å²) in [5.41, 5.74) is 3.45. The van der Waals surface area contributed by atoms with Gasteiger partial charge < -0.3 is 14.8 Å². The normalized spacial score (nSPS) is 11.7. The first-order valence-corrected chi connectivity index (χ1v) is 11.1. The molecule has 32 heavy (non-hydrogen) atoms. The summed E-state index contributed by atoms with van der Waals surface area (Å²) >= 11 is 8.17. The Morgan fingerprint density at radius 1 is 1.31 bits per heavy atom. The van der Waals surface area contributed by atoms with E-state index in [0.29, 0.717) is 27.6 Å². The van der Waals surface area contributed by atoms with Crippen molar-refractivity contribution in [1.29, 1.82) is 0 Å². The molecule has 168 valence electrons. The standard InChI is InChI=1S/C23H23ClIN3O4/c1-5-10-32-21-18(25)11-15(12-19(21)31-4)13-26-28-23(30)20(14(2)3)27-22(29)16-8-6-7-9-17(16)24/h1,6-9,11-14,20H,10H2,2-4H3,(H,27,29)(H,28,30)/b26-13+. The van der Waals surface area contributed by atoms with Gasteiger partial charge in [0.15, 0.2) is 11.5 Å². The van der Waals surface area contributed by atoms with Gasteiger partial charge in [-0.25, -0.2) is 5.43 Å². The Labute approximate surface area is 206 Å². The Kier molecular flexibility index (Phi) is 9.81. The second-order valence-electron chi connectivity index (χ2n) is 6.94. The van der Waals surface area contributed by atoms with Crippen LogP contribution in [0.2, 0.25) is 5.02 Å². The van der Waals surface area contributed by atoms with Crippen molar-refractivity contribution in [3.8, 4) is 23.8 Å². The molecule has 1 unspecified atom stereocenters. The van der Waals surface area contributed by atoms with Gasteiger partial charge in [-0.3, -0.25) is 9.59 Å². The molecule has 2 aromatic rings. The second kappa shape index (κ2) is 12.3. The summed E-state index contributed by atoms with van der Waals surface area (Å²) in [6.07, 6.45) is 6.72. The van der Waals surface area contributed by atoms with Gasteiger partial charge in [0.25, 0.3) is 11.8 Å². The molecular formula is C23H23ClIN3O4. The Hall–Kier alpha value is -2.77. The van der Waals surface area contributed by atoms with Gasteiger partial charge in [0.2, 0.25) is 0 Å². The lowest BCUT2D eigenvalue weighted by Crippen LogP contribution is -2.48. The lowest BCUT2D eigenvalue weighted by molar-refractivity contribution is -0.123. The fourth-order valence-electron chi connectivity index (χ4n) is 2.71. The van der Waals surface area contributed by atoms with Crippen LogP contribution in [0.3, 0.4) is 0 Å². The number of nitrogens with zero attached hydrogens (tertiary/aromatic N) is 1. The highest BCUT2D eigenvalue weighted by molar-refractivity contribution is 14.1. The molecule has 0 heterocycles. The van der Waals surface area contributed by atoms with Crippen molar-refractivity contribution in [2.24, 2.45) is 11.0 Å². The predicted octanol–water partition coefficient (Wildman–Crippen LogP) is 3.87. The molecular weight excluding hydrogens is 545 g/mol. The number of rotatable bonds is 9. The third-order valence-electron chi connectivity index (χ3n) is 4.29. The highest BCUT2D eigenvalue weighted by Gasteiger charge is 2.25. The first-order valence-electron chi connectivity index (χ1n) is 9.60. The van der Waals surface area contributed by atoms with Crippen molar-refractivity contribution in [2.75, 3.05) is 13.7 Å². The first kappa shape index (κ1) is 25.5. The summed E-state index contributed by atoms with van der Waals surface area (Å²) in [6.45, 7) is 3.76. The molecule has 0 aliphatic carbocycles. The first-order chi connectivity index (χ1) is 15.3. The van der Waals surface area contributed by atoms with Crippen LogP contribution in [0.15, 0.2) is 41.5 Å². The van der Waals surface area contributed by atoms with Crippen molar-refractivity contribution < 1.29 is 19.1 Å². The van der Waals surface area contributed by atoms with E-state index in [1.165, 1.54) is 13.3 Å². The molecule has 2 amide bonds. The van der Waals surface area contributed by atoms with Crippen LogP contribution in [0.25, 0.3) is 0 Å². The van der Waals surface area contributed by atoms with Gasteiger partial charge >= 0.3 is 0 Å². The summed E-state index contributed by atoms with van der Waals surface area (Å²) < 4.78 is 11.6. The van der Waals surface area contributed by atoms with Crippen molar-refractivity contribution >= 4 is 52.2 Å². The number of hydrazone groups is 1. The molecule has 1 atom stereocenters. The van der Waals surface area contributed by atoms with Gasteiger partial charge in [0.1, 0.15) is 12.6 Å². The molecule has 0 saturated heterocycles. The number of hydrogen-bond acceptors (Lipinski definition) is 5. The Morgan fingerprint density at radius 2 is 2.03 bits per heavy atom. The third-order valence-corrected chi connectivity index (χ3v) is 5.43. The molecule has 0 saturated carbocycles. The highest BCUT2D eigenvalue weighted by atomic mass is 127. The average molecular weight is 568 g/mol. The van der Waals surface area contributed by atoms with E-state index in [-0.39, 0.29) is 12.5 Å². The SMILES string of the molecule is C#CCOc1c(I)cc(/C=N/NC(=O)C(NC(=O)c2ccccc2Cl)C(C)C)cc1OC. The van der Waals surface area contributed by atoms with Crippen LogP contribution in [0, 0.1) is 21.8 Å². The zero-order chi connectivity index (χ0) is 23.7. The zero-order valence-corrected chi connectivity index (χ0v) is 20.7. The van der Waals surface area contributed by atoms with Crippen molar-refractivity contribution in [3.05, 3.63) is 56.1 Å². The predicted molar refractivity (Wildman–Crippen MR) is 133 cm³/mol. The van der Waals surface area contributed by atoms with Gasteiger partial charge in [0, 0.05) is 0 Å².